The van der Waals surface area contributed by atoms with Gasteiger partial charge in [-0.1, -0.05) is 33.1 Å². The molecule has 1 nitrogen and oxygen atoms in total. The van der Waals surface area contributed by atoms with Gasteiger partial charge in [-0.15, -0.1) is 11.8 Å². The van der Waals surface area contributed by atoms with Crippen LogP contribution in [-0.2, 0) is 6.18 Å². The largest absolute Gasteiger partial charge is 0.418 e. The summed E-state index contributed by atoms with van der Waals surface area (Å²) in [6, 6.07) is 2.70. The maximum Gasteiger partial charge on any atom is 0.418 e. The van der Waals surface area contributed by atoms with Crippen LogP contribution >= 0.6 is 11.8 Å². The Morgan fingerprint density at radius 2 is 1.95 bits per heavy atom. The molecule has 0 saturated carbocycles. The van der Waals surface area contributed by atoms with Gasteiger partial charge < -0.3 is 5.32 Å². The summed E-state index contributed by atoms with van der Waals surface area (Å²) in [5.41, 5.74) is -1.03. The van der Waals surface area contributed by atoms with Gasteiger partial charge in [0.25, 0.3) is 0 Å². The van der Waals surface area contributed by atoms with E-state index in [0.29, 0.717) is 17.2 Å². The number of thioether (sulfide) groups is 1. The summed E-state index contributed by atoms with van der Waals surface area (Å²) in [5.74, 6) is -0.504. The molecular formula is C15H21F4NS. The molecule has 0 bridgehead atoms. The molecule has 1 atom stereocenters. The first kappa shape index (κ1) is 18.1. The molecule has 1 aromatic rings. The number of benzene rings is 1. The lowest BCUT2D eigenvalue weighted by Gasteiger charge is -2.16. The molecule has 0 fully saturated rings. The van der Waals surface area contributed by atoms with E-state index in [-0.39, 0.29) is 5.69 Å². The van der Waals surface area contributed by atoms with Gasteiger partial charge >= 0.3 is 6.18 Å². The Morgan fingerprint density at radius 1 is 1.24 bits per heavy atom. The fourth-order valence-corrected chi connectivity index (χ4v) is 2.79. The number of halogens is 4. The molecule has 0 aliphatic heterocycles. The van der Waals surface area contributed by atoms with E-state index in [9.17, 15) is 17.6 Å². The summed E-state index contributed by atoms with van der Waals surface area (Å²) in [6.07, 6.45) is -0.0404. The lowest BCUT2D eigenvalue weighted by atomic mass is 10.1. The molecule has 0 spiro atoms. The minimum absolute atomic E-state index is 0.0721. The Bertz CT molecular complexity index is 434. The molecule has 1 aromatic carbocycles. The van der Waals surface area contributed by atoms with Crippen LogP contribution in [0, 0.1) is 5.82 Å². The summed E-state index contributed by atoms with van der Waals surface area (Å²) in [4.78, 5) is 0. The van der Waals surface area contributed by atoms with Crippen molar-refractivity contribution in [3.8, 4) is 0 Å². The number of rotatable bonds is 8. The van der Waals surface area contributed by atoms with Crippen LogP contribution in [0.1, 0.15) is 45.1 Å². The summed E-state index contributed by atoms with van der Waals surface area (Å²) in [7, 11) is 0. The number of anilines is 1. The monoisotopic (exact) mass is 323 g/mol. The third kappa shape index (κ3) is 6.59. The van der Waals surface area contributed by atoms with Gasteiger partial charge in [-0.3, -0.25) is 0 Å². The second-order valence-corrected chi connectivity index (χ2v) is 6.41. The molecule has 1 N–H and O–H groups in total. The second-order valence-electron chi connectivity index (χ2n) is 4.98. The minimum atomic E-state index is -4.55. The SMILES string of the molecule is CCCCC[C@@H](C)SCNc1ccc(F)cc1C(F)(F)F. The van der Waals surface area contributed by atoms with Crippen molar-refractivity contribution in [3.05, 3.63) is 29.6 Å². The zero-order chi connectivity index (χ0) is 15.9. The zero-order valence-electron chi connectivity index (χ0n) is 12.3. The first-order chi connectivity index (χ1) is 9.84. The molecule has 0 heterocycles. The molecule has 21 heavy (non-hydrogen) atoms. The predicted molar refractivity (Wildman–Crippen MR) is 81.1 cm³/mol. The number of unbranched alkanes of at least 4 members (excludes halogenated alkanes) is 2. The standard InChI is InChI=1S/C15H21F4NS/c1-3-4-5-6-11(2)21-10-20-14-8-7-12(16)9-13(14)15(17,18)19/h7-9,11,20H,3-6,10H2,1-2H3/t11-/m1/s1. The predicted octanol–water partition coefficient (Wildman–Crippen LogP) is 5.92. The van der Waals surface area contributed by atoms with Crippen molar-refractivity contribution in [2.75, 3.05) is 11.2 Å². The Kier molecular flexibility index (Phi) is 7.35. The van der Waals surface area contributed by atoms with E-state index in [1.807, 2.05) is 0 Å². The van der Waals surface area contributed by atoms with Gasteiger partial charge in [0.05, 0.1) is 11.4 Å². The minimum Gasteiger partial charge on any atom is -0.376 e. The molecular weight excluding hydrogens is 302 g/mol. The number of hydrogen-bond donors (Lipinski definition) is 1. The highest BCUT2D eigenvalue weighted by Gasteiger charge is 2.33. The van der Waals surface area contributed by atoms with Crippen LogP contribution in [0.4, 0.5) is 23.2 Å². The first-order valence-corrected chi connectivity index (χ1v) is 8.11. The highest BCUT2D eigenvalue weighted by atomic mass is 32.2. The maximum absolute atomic E-state index is 13.0. The first-order valence-electron chi connectivity index (χ1n) is 7.06. The van der Waals surface area contributed by atoms with Gasteiger partial charge in [-0.25, -0.2) is 4.39 Å². The molecule has 1 rings (SSSR count). The van der Waals surface area contributed by atoms with Crippen molar-refractivity contribution in [1.82, 2.24) is 0 Å². The summed E-state index contributed by atoms with van der Waals surface area (Å²) >= 11 is 1.57. The van der Waals surface area contributed by atoms with E-state index >= 15 is 0 Å². The van der Waals surface area contributed by atoms with Crippen molar-refractivity contribution in [1.29, 1.82) is 0 Å². The number of alkyl halides is 3. The fourth-order valence-electron chi connectivity index (χ4n) is 1.93. The molecule has 0 saturated heterocycles. The highest BCUT2D eigenvalue weighted by Crippen LogP contribution is 2.35. The van der Waals surface area contributed by atoms with Crippen LogP contribution in [0.2, 0.25) is 0 Å². The second kappa shape index (κ2) is 8.51. The van der Waals surface area contributed by atoms with Crippen molar-refractivity contribution >= 4 is 17.4 Å². The van der Waals surface area contributed by atoms with Crippen LogP contribution in [0.15, 0.2) is 18.2 Å². The van der Waals surface area contributed by atoms with Crippen molar-refractivity contribution in [2.24, 2.45) is 0 Å². The van der Waals surface area contributed by atoms with Gasteiger partial charge in [0.15, 0.2) is 0 Å². The quantitative estimate of drug-likeness (QED) is 0.362. The Morgan fingerprint density at radius 3 is 2.57 bits per heavy atom. The lowest BCUT2D eigenvalue weighted by molar-refractivity contribution is -0.137. The molecule has 0 unspecified atom stereocenters. The number of nitrogens with one attached hydrogen (secondary N) is 1. The lowest BCUT2D eigenvalue weighted by Crippen LogP contribution is -2.12. The maximum atomic E-state index is 13.0. The smallest absolute Gasteiger partial charge is 0.376 e. The van der Waals surface area contributed by atoms with Crippen molar-refractivity contribution < 1.29 is 17.6 Å². The third-order valence-corrected chi connectivity index (χ3v) is 4.25. The third-order valence-electron chi connectivity index (χ3n) is 3.13. The van der Waals surface area contributed by atoms with Crippen LogP contribution in [-0.4, -0.2) is 11.1 Å². The summed E-state index contributed by atoms with van der Waals surface area (Å²) in [6.45, 7) is 4.20. The molecule has 0 radical (unpaired) electrons. The van der Waals surface area contributed by atoms with E-state index in [4.69, 9.17) is 0 Å². The van der Waals surface area contributed by atoms with Crippen LogP contribution in [0.3, 0.4) is 0 Å². The zero-order valence-corrected chi connectivity index (χ0v) is 13.1. The molecule has 0 amide bonds. The molecule has 0 aliphatic rings. The van der Waals surface area contributed by atoms with Gasteiger partial charge in [0, 0.05) is 10.9 Å². The molecule has 120 valence electrons. The van der Waals surface area contributed by atoms with Gasteiger partial charge in [-0.05, 0) is 24.6 Å². The summed E-state index contributed by atoms with van der Waals surface area (Å²) < 4.78 is 51.4. The van der Waals surface area contributed by atoms with Gasteiger partial charge in [0.1, 0.15) is 5.82 Å². The summed E-state index contributed by atoms with van der Waals surface area (Å²) in [5, 5.41) is 3.13. The van der Waals surface area contributed by atoms with E-state index in [2.05, 4.69) is 19.2 Å². The van der Waals surface area contributed by atoms with Gasteiger partial charge in [-0.2, -0.15) is 13.2 Å². The van der Waals surface area contributed by atoms with Crippen LogP contribution < -0.4 is 5.32 Å². The average Bonchev–Trinajstić information content (AvgIpc) is 2.39. The van der Waals surface area contributed by atoms with E-state index in [1.165, 1.54) is 6.42 Å². The molecule has 0 aromatic heterocycles. The van der Waals surface area contributed by atoms with E-state index < -0.39 is 17.6 Å². The molecule has 6 heteroatoms. The van der Waals surface area contributed by atoms with Crippen molar-refractivity contribution in [3.63, 3.8) is 0 Å². The topological polar surface area (TPSA) is 12.0 Å². The van der Waals surface area contributed by atoms with Crippen molar-refractivity contribution in [2.45, 2.75) is 51.0 Å². The Balaban J connectivity index is 2.52. The normalized spacial score (nSPS) is 13.2. The van der Waals surface area contributed by atoms with E-state index in [1.54, 1.807) is 11.8 Å². The van der Waals surface area contributed by atoms with Crippen LogP contribution in [0.5, 0.6) is 0 Å². The average molecular weight is 323 g/mol. The van der Waals surface area contributed by atoms with E-state index in [0.717, 1.165) is 31.4 Å². The van der Waals surface area contributed by atoms with Crippen LogP contribution in [0.25, 0.3) is 0 Å². The highest BCUT2D eigenvalue weighted by molar-refractivity contribution is 7.99. The molecule has 0 aliphatic carbocycles. The fraction of sp³-hybridized carbons (Fsp3) is 0.600. The number of hydrogen-bond acceptors (Lipinski definition) is 2. The Hall–Kier alpha value is -0.910. The Labute approximate surface area is 127 Å². The van der Waals surface area contributed by atoms with Gasteiger partial charge in [0.2, 0.25) is 0 Å².